The maximum atomic E-state index is 15.1. The van der Waals surface area contributed by atoms with Crippen molar-refractivity contribution in [3.05, 3.63) is 75.8 Å². The molecule has 9 atom stereocenters. The molecule has 6 N–H and O–H groups in total. The third-order valence-corrected chi connectivity index (χ3v) is 16.9. The van der Waals surface area contributed by atoms with E-state index >= 15 is 13.2 Å². The first-order valence-electron chi connectivity index (χ1n) is 28.9. The molecule has 1 saturated carbocycles. The van der Waals surface area contributed by atoms with Gasteiger partial charge in [-0.05, 0) is 107 Å². The molecule has 1 aliphatic carbocycles. The third-order valence-electron chi connectivity index (χ3n) is 16.5. The monoisotopic (exact) mass is 1220 g/mol. The molecule has 468 valence electrons. The van der Waals surface area contributed by atoms with Gasteiger partial charge in [0.2, 0.25) is 11.8 Å². The predicted octanol–water partition coefficient (Wildman–Crippen LogP) is 8.82. The van der Waals surface area contributed by atoms with Crippen molar-refractivity contribution in [3.63, 3.8) is 0 Å². The van der Waals surface area contributed by atoms with Crippen molar-refractivity contribution < 1.29 is 85.1 Å². The largest absolute Gasteiger partial charge is 0.495 e. The van der Waals surface area contributed by atoms with E-state index in [-0.39, 0.29) is 90.9 Å². The van der Waals surface area contributed by atoms with Gasteiger partial charge in [-0.2, -0.15) is 13.2 Å². The number of esters is 2. The molecule has 0 aromatic heterocycles. The Hall–Kier alpha value is -6.56. The number of alkyl halides is 3. The average molecular weight is 1220 g/mol. The van der Waals surface area contributed by atoms with Crippen LogP contribution in [0.5, 0.6) is 5.75 Å². The van der Waals surface area contributed by atoms with E-state index in [1.54, 1.807) is 45.1 Å². The second kappa shape index (κ2) is 29.7. The number of halogens is 4. The summed E-state index contributed by atoms with van der Waals surface area (Å²) in [6, 6.07) is 4.08. The van der Waals surface area contributed by atoms with Crippen molar-refractivity contribution >= 4 is 70.4 Å². The number of allylic oxidation sites excluding steroid dienone is 3. The Kier molecular flexibility index (Phi) is 23.6. The Morgan fingerprint density at radius 3 is 2.40 bits per heavy atom. The molecule has 2 aromatic carbocycles. The first kappa shape index (κ1) is 67.6. The molecule has 5 amide bonds. The molecule has 3 aliphatic heterocycles. The number of carbonyl (C=O) groups is 8. The van der Waals surface area contributed by atoms with Crippen molar-refractivity contribution in [2.24, 2.45) is 29.4 Å². The Morgan fingerprint density at radius 1 is 1.02 bits per heavy atom. The van der Waals surface area contributed by atoms with Gasteiger partial charge < -0.3 is 54.8 Å². The van der Waals surface area contributed by atoms with Gasteiger partial charge >= 0.3 is 30.2 Å². The van der Waals surface area contributed by atoms with E-state index in [0.717, 1.165) is 30.9 Å². The maximum absolute atomic E-state index is 15.1. The van der Waals surface area contributed by atoms with Crippen LogP contribution in [-0.4, -0.2) is 129 Å². The summed E-state index contributed by atoms with van der Waals surface area (Å²) in [5, 5.41) is 19.4. The van der Waals surface area contributed by atoms with E-state index in [0.29, 0.717) is 37.3 Å². The van der Waals surface area contributed by atoms with E-state index in [1.165, 1.54) is 39.2 Å². The number of amides is 5. The number of fused-ring (bicyclic) bond motifs is 5. The number of anilines is 2. The van der Waals surface area contributed by atoms with Crippen LogP contribution in [0.15, 0.2) is 54.1 Å². The summed E-state index contributed by atoms with van der Waals surface area (Å²) in [6.07, 6.45) is -2.63. The van der Waals surface area contributed by atoms with Gasteiger partial charge in [0.1, 0.15) is 46.1 Å². The number of nitrogens with two attached hydrogens (primary N) is 1. The van der Waals surface area contributed by atoms with Crippen LogP contribution in [0.4, 0.5) is 34.1 Å². The zero-order valence-corrected chi connectivity index (χ0v) is 50.3. The molecular formula is C61H81ClF3N5O15. The number of ketones is 2. The summed E-state index contributed by atoms with van der Waals surface area (Å²) >= 11 is 6.80. The first-order chi connectivity index (χ1) is 40.1. The fourth-order valence-corrected chi connectivity index (χ4v) is 11.4. The summed E-state index contributed by atoms with van der Waals surface area (Å²) < 4.78 is 79.7. The number of unbranched alkanes of at least 4 members (excludes halogenated alkanes) is 2. The molecule has 4 bridgehead atoms. The minimum atomic E-state index is -5.13. The Bertz CT molecular complexity index is 2840. The Balaban J connectivity index is 1.20. The lowest BCUT2D eigenvalue weighted by atomic mass is 9.78. The molecule has 2 saturated heterocycles. The number of ether oxygens (including phenoxy) is 6. The number of urea groups is 1. The molecule has 2 aromatic rings. The highest BCUT2D eigenvalue weighted by Gasteiger charge is 2.64. The quantitative estimate of drug-likeness (QED) is 0.0301. The number of aliphatic hydroxyl groups is 1. The van der Waals surface area contributed by atoms with Gasteiger partial charge in [0.15, 0.2) is 5.78 Å². The number of nitrogens with zero attached hydrogens (tertiary/aromatic N) is 1. The van der Waals surface area contributed by atoms with Crippen LogP contribution >= 0.6 is 11.6 Å². The van der Waals surface area contributed by atoms with Crippen molar-refractivity contribution in [1.82, 2.24) is 10.6 Å². The summed E-state index contributed by atoms with van der Waals surface area (Å²) in [5.74, 6) is -4.78. The van der Waals surface area contributed by atoms with Crippen LogP contribution in [0, 0.1) is 23.7 Å². The van der Waals surface area contributed by atoms with Crippen LogP contribution in [0.2, 0.25) is 5.02 Å². The Morgan fingerprint density at radius 2 is 1.75 bits per heavy atom. The lowest BCUT2D eigenvalue weighted by Gasteiger charge is -2.41. The maximum Gasteiger partial charge on any atom is 0.418 e. The highest BCUT2D eigenvalue weighted by atomic mass is 35.5. The summed E-state index contributed by atoms with van der Waals surface area (Å²) in [5.41, 5.74) is 1.45. The Labute approximate surface area is 498 Å². The number of nitrogens with one attached hydrogen (secondary N) is 3. The minimum Gasteiger partial charge on any atom is -0.495 e. The van der Waals surface area contributed by atoms with Gasteiger partial charge in [-0.1, -0.05) is 68.7 Å². The van der Waals surface area contributed by atoms with Crippen molar-refractivity contribution in [1.29, 1.82) is 0 Å². The molecule has 3 heterocycles. The van der Waals surface area contributed by atoms with Crippen LogP contribution in [0.25, 0.3) is 0 Å². The zero-order valence-electron chi connectivity index (χ0n) is 49.5. The van der Waals surface area contributed by atoms with Crippen molar-refractivity contribution in [3.8, 4) is 5.75 Å². The summed E-state index contributed by atoms with van der Waals surface area (Å²) in [6.45, 7) is 8.83. The lowest BCUT2D eigenvalue weighted by molar-refractivity contribution is -0.187. The van der Waals surface area contributed by atoms with E-state index in [2.05, 4.69) is 16.0 Å². The smallest absolute Gasteiger partial charge is 0.418 e. The van der Waals surface area contributed by atoms with Gasteiger partial charge in [0.05, 0.1) is 61.6 Å². The number of primary amides is 1. The number of methoxy groups -OCH3 is 2. The van der Waals surface area contributed by atoms with Gasteiger partial charge in [0, 0.05) is 58.2 Å². The molecule has 3 fully saturated rings. The number of benzene rings is 2. The summed E-state index contributed by atoms with van der Waals surface area (Å²) in [7, 11) is 4.25. The highest BCUT2D eigenvalue weighted by molar-refractivity contribution is 6.35. The van der Waals surface area contributed by atoms with E-state index in [1.807, 2.05) is 13.0 Å². The molecule has 0 radical (unpaired) electrons. The topological polar surface area (TPSA) is 281 Å². The number of carbonyl (C=O) groups excluding carboxylic acids is 8. The fourth-order valence-electron chi connectivity index (χ4n) is 11.1. The molecule has 4 aliphatic rings. The molecule has 0 spiro atoms. The standard InChI is InChI=1S/C61H81ClF3N5O15/c1-34(2)41(30-40(71)18-10-9-11-24-82-56(76)39-16-13-17-39)55(75)68-44(19-14-23-67-57(66)77)46(72)28-37-21-22-43(42(26-37)61(63,64)65)69-58(78)84-50-31-51(73)70(6)45-27-38(29-47(80-7)53(45)62)25-35(3)15-12-20-49(81-8)60(79)32-48(83-52(74)33-60)36(4)54-59(50,5)85-54/h12,15,20-22,26-27,29,34,36,39,41,44,48-50,54,79H,9-11,13-14,16-19,23-25,28,30-33H2,1-8H3,(H,68,75)(H,69,78)(H3,66,67,77)/b20-12+,35-15+/t36-,41+,44+,48+,49-,50+,54+,59+,60-/m1/s1. The number of epoxide rings is 1. The van der Waals surface area contributed by atoms with Gasteiger partial charge in [-0.15, -0.1) is 0 Å². The van der Waals surface area contributed by atoms with Gasteiger partial charge in [-0.25, -0.2) is 9.59 Å². The number of hydrogen-bond acceptors (Lipinski definition) is 15. The van der Waals surface area contributed by atoms with Crippen LogP contribution in [0.3, 0.4) is 0 Å². The minimum absolute atomic E-state index is 0.00890. The second-order valence-corrected chi connectivity index (χ2v) is 23.7. The van der Waals surface area contributed by atoms with Crippen molar-refractivity contribution in [2.45, 2.75) is 179 Å². The predicted molar refractivity (Wildman–Crippen MR) is 307 cm³/mol. The van der Waals surface area contributed by atoms with Crippen molar-refractivity contribution in [2.75, 3.05) is 44.6 Å². The molecule has 6 rings (SSSR count). The van der Waals surface area contributed by atoms with E-state index in [4.69, 9.17) is 45.8 Å². The molecule has 85 heavy (non-hydrogen) atoms. The lowest BCUT2D eigenvalue weighted by Crippen LogP contribution is -2.53. The second-order valence-electron chi connectivity index (χ2n) is 23.3. The van der Waals surface area contributed by atoms with Crippen LogP contribution in [0.1, 0.15) is 135 Å². The zero-order chi connectivity index (χ0) is 62.6. The molecule has 24 heteroatoms. The SMILES string of the molecule is COc1cc2cc(c1Cl)N(C)C(=O)C[C@H](OC(=O)Nc1ccc(CC(=O)[C@H](CCCNC(N)=O)NC(=O)[C@@H](CC(=O)CCCCCOC(=O)C3CCC3)C(C)C)cc1C(F)(F)F)[C@]1(C)O[C@H]1[C@H](C)[C@@H]1C[C@@](O)(CC(=O)O1)[C@H](OC)/C=C/C=C(\C)C2. The molecule has 0 unspecified atom stereocenters. The number of hydrogen-bond donors (Lipinski definition) is 5. The molecule has 20 nitrogen and oxygen atoms in total. The average Bonchev–Trinajstić information content (AvgIpc) is 1.65. The summed E-state index contributed by atoms with van der Waals surface area (Å²) in [4.78, 5) is 107. The van der Waals surface area contributed by atoms with Gasteiger partial charge in [0.25, 0.3) is 0 Å². The number of Topliss-reactive ketones (excluding diaryl/α,β-unsaturated/α-hetero) is 2. The normalized spacial score (nSPS) is 25.4. The number of rotatable bonds is 23. The fraction of sp³-hybridized carbons (Fsp3) is 0.607. The van der Waals surface area contributed by atoms with E-state index < -0.39 is 126 Å². The highest BCUT2D eigenvalue weighted by Crippen LogP contribution is 2.50. The molecular weight excluding hydrogens is 1140 g/mol. The van der Waals surface area contributed by atoms with Crippen LogP contribution in [-0.2, 0) is 71.5 Å². The first-order valence-corrected chi connectivity index (χ1v) is 29.3. The van der Waals surface area contributed by atoms with Gasteiger partial charge in [-0.3, -0.25) is 34.1 Å². The van der Waals surface area contributed by atoms with Crippen LogP contribution < -0.4 is 31.3 Å². The van der Waals surface area contributed by atoms with E-state index in [9.17, 15) is 43.5 Å². The third kappa shape index (κ3) is 18.2.